The number of carboxylic acid groups (broad SMARTS) is 2. The molecule has 6 amide bonds. The molecular formula is C23H38N10O10. The van der Waals surface area contributed by atoms with Gasteiger partial charge in [0, 0.05) is 19.6 Å². The van der Waals surface area contributed by atoms with Crippen molar-refractivity contribution < 1.29 is 48.6 Å². The summed E-state index contributed by atoms with van der Waals surface area (Å²) in [5.41, 5.74) is 20.9. The van der Waals surface area contributed by atoms with Gasteiger partial charge >= 0.3 is 11.9 Å². The SMILES string of the molecule is NCC(=O)N[C@@H](CCCN=C(N)N)C(=O)NCC(=O)N[C@@H](CC(=O)O)C(=O)N[C@@H](CC(N)=O)C(=O)N1CC[C@@H](C(=O)O)C1. The van der Waals surface area contributed by atoms with E-state index in [1.54, 1.807) is 0 Å². The molecule has 0 aromatic heterocycles. The molecule has 240 valence electrons. The fraction of sp³-hybridized carbons (Fsp3) is 0.609. The van der Waals surface area contributed by atoms with E-state index < -0.39 is 97.4 Å². The molecule has 1 heterocycles. The molecule has 0 spiro atoms. The number of guanidine groups is 1. The van der Waals surface area contributed by atoms with Crippen LogP contribution in [0.3, 0.4) is 0 Å². The Labute approximate surface area is 245 Å². The van der Waals surface area contributed by atoms with Gasteiger partial charge in [-0.05, 0) is 19.3 Å². The van der Waals surface area contributed by atoms with E-state index in [2.05, 4.69) is 26.3 Å². The van der Waals surface area contributed by atoms with Gasteiger partial charge < -0.3 is 59.3 Å². The molecule has 0 bridgehead atoms. The smallest absolute Gasteiger partial charge is 0.308 e. The molecule has 0 radical (unpaired) electrons. The van der Waals surface area contributed by atoms with E-state index in [9.17, 15) is 43.5 Å². The molecule has 43 heavy (non-hydrogen) atoms. The molecule has 1 fully saturated rings. The Morgan fingerprint density at radius 2 is 1.51 bits per heavy atom. The van der Waals surface area contributed by atoms with Gasteiger partial charge in [-0.2, -0.15) is 0 Å². The van der Waals surface area contributed by atoms with Crippen LogP contribution in [0.5, 0.6) is 0 Å². The van der Waals surface area contributed by atoms with Crippen LogP contribution < -0.4 is 44.2 Å². The molecular weight excluding hydrogens is 576 g/mol. The van der Waals surface area contributed by atoms with Crippen molar-refractivity contribution in [2.45, 2.75) is 50.2 Å². The zero-order valence-corrected chi connectivity index (χ0v) is 23.2. The first kappa shape index (κ1) is 36.0. The number of aliphatic carboxylic acids is 2. The van der Waals surface area contributed by atoms with Crippen molar-refractivity contribution in [2.75, 3.05) is 32.7 Å². The third-order valence-corrected chi connectivity index (χ3v) is 6.11. The summed E-state index contributed by atoms with van der Waals surface area (Å²) >= 11 is 0. The number of carbonyl (C=O) groups excluding carboxylic acids is 6. The second kappa shape index (κ2) is 17.7. The Bertz CT molecular complexity index is 1110. The molecule has 4 atom stereocenters. The molecule has 0 saturated carbocycles. The van der Waals surface area contributed by atoms with Crippen LogP contribution in [0.25, 0.3) is 0 Å². The predicted molar refractivity (Wildman–Crippen MR) is 146 cm³/mol. The molecule has 1 aliphatic heterocycles. The van der Waals surface area contributed by atoms with Gasteiger partial charge in [0.1, 0.15) is 18.1 Å². The Hall–Kier alpha value is -5.01. The maximum Gasteiger partial charge on any atom is 0.308 e. The molecule has 20 nitrogen and oxygen atoms in total. The summed E-state index contributed by atoms with van der Waals surface area (Å²) < 4.78 is 0. The van der Waals surface area contributed by atoms with Crippen LogP contribution in [0.1, 0.15) is 32.1 Å². The first-order valence-corrected chi connectivity index (χ1v) is 13.1. The second-order valence-electron chi connectivity index (χ2n) is 9.55. The molecule has 14 N–H and O–H groups in total. The predicted octanol–water partition coefficient (Wildman–Crippen LogP) is -6.15. The molecule has 0 aromatic carbocycles. The van der Waals surface area contributed by atoms with Crippen LogP contribution in [-0.4, -0.2) is 119 Å². The number of aliphatic imine (C=N–C) groups is 1. The van der Waals surface area contributed by atoms with Crippen LogP contribution in [0.4, 0.5) is 0 Å². The first-order valence-electron chi connectivity index (χ1n) is 13.1. The normalized spacial score (nSPS) is 16.1. The number of likely N-dealkylation sites (tertiary alicyclic amines) is 1. The zero-order chi connectivity index (χ0) is 32.7. The summed E-state index contributed by atoms with van der Waals surface area (Å²) in [6.07, 6.45) is -1.13. The topological polar surface area (TPSA) is 345 Å². The number of nitrogens with one attached hydrogen (secondary N) is 4. The van der Waals surface area contributed by atoms with Crippen molar-refractivity contribution in [2.24, 2.45) is 33.8 Å². The fourth-order valence-electron chi connectivity index (χ4n) is 4.00. The number of primary amides is 1. The molecule has 0 aromatic rings. The van der Waals surface area contributed by atoms with Gasteiger partial charge in [-0.25, -0.2) is 0 Å². The third kappa shape index (κ3) is 13.5. The lowest BCUT2D eigenvalue weighted by molar-refractivity contribution is -0.142. The zero-order valence-electron chi connectivity index (χ0n) is 23.2. The Balaban J connectivity index is 2.88. The van der Waals surface area contributed by atoms with Gasteiger partial charge in [0.05, 0.1) is 31.8 Å². The average Bonchev–Trinajstić information content (AvgIpc) is 3.42. The Kier molecular flexibility index (Phi) is 14.8. The number of amides is 6. The maximum atomic E-state index is 12.9. The highest BCUT2D eigenvalue weighted by atomic mass is 16.4. The first-order chi connectivity index (χ1) is 20.1. The van der Waals surface area contributed by atoms with Gasteiger partial charge in [-0.15, -0.1) is 0 Å². The lowest BCUT2D eigenvalue weighted by Crippen LogP contribution is -2.56. The third-order valence-electron chi connectivity index (χ3n) is 6.11. The van der Waals surface area contributed by atoms with Crippen molar-refractivity contribution in [3.8, 4) is 0 Å². The van der Waals surface area contributed by atoms with Crippen molar-refractivity contribution in [1.82, 2.24) is 26.2 Å². The highest BCUT2D eigenvalue weighted by Gasteiger charge is 2.36. The lowest BCUT2D eigenvalue weighted by Gasteiger charge is -2.25. The van der Waals surface area contributed by atoms with Crippen molar-refractivity contribution in [3.63, 3.8) is 0 Å². The summed E-state index contributed by atoms with van der Waals surface area (Å²) in [6.45, 7) is -1.14. The minimum absolute atomic E-state index is 0.0386. The average molecular weight is 615 g/mol. The minimum atomic E-state index is -1.75. The van der Waals surface area contributed by atoms with E-state index in [4.69, 9.17) is 28.0 Å². The highest BCUT2D eigenvalue weighted by molar-refractivity contribution is 5.97. The number of hydrogen-bond donors (Lipinski definition) is 10. The number of carboxylic acids is 2. The van der Waals surface area contributed by atoms with E-state index in [0.717, 1.165) is 4.90 Å². The molecule has 20 heteroatoms. The van der Waals surface area contributed by atoms with Gasteiger partial charge in [0.15, 0.2) is 5.96 Å². The van der Waals surface area contributed by atoms with Crippen molar-refractivity contribution >= 4 is 53.3 Å². The van der Waals surface area contributed by atoms with Crippen LogP contribution >= 0.6 is 0 Å². The van der Waals surface area contributed by atoms with Gasteiger partial charge in [0.2, 0.25) is 35.4 Å². The Morgan fingerprint density at radius 1 is 0.860 bits per heavy atom. The van der Waals surface area contributed by atoms with Gasteiger partial charge in [-0.1, -0.05) is 0 Å². The number of nitrogens with two attached hydrogens (primary N) is 4. The number of hydrogen-bond acceptors (Lipinski definition) is 10. The summed E-state index contributed by atoms with van der Waals surface area (Å²) in [7, 11) is 0. The van der Waals surface area contributed by atoms with E-state index in [0.29, 0.717) is 0 Å². The summed E-state index contributed by atoms with van der Waals surface area (Å²) in [5, 5.41) is 27.4. The molecule has 0 unspecified atom stereocenters. The van der Waals surface area contributed by atoms with E-state index in [1.807, 2.05) is 0 Å². The quantitative estimate of drug-likeness (QED) is 0.0391. The van der Waals surface area contributed by atoms with Crippen LogP contribution in [0.15, 0.2) is 4.99 Å². The van der Waals surface area contributed by atoms with Crippen LogP contribution in [-0.2, 0) is 38.4 Å². The number of nitrogens with zero attached hydrogens (tertiary/aromatic N) is 2. The Morgan fingerprint density at radius 3 is 2.05 bits per heavy atom. The molecule has 1 rings (SSSR count). The lowest BCUT2D eigenvalue weighted by atomic mass is 10.1. The van der Waals surface area contributed by atoms with E-state index in [1.165, 1.54) is 0 Å². The molecule has 1 saturated heterocycles. The summed E-state index contributed by atoms with van der Waals surface area (Å²) in [5.74, 6) is -9.03. The summed E-state index contributed by atoms with van der Waals surface area (Å²) in [6, 6.07) is -4.43. The summed E-state index contributed by atoms with van der Waals surface area (Å²) in [4.78, 5) is 102. The molecule has 0 aliphatic carbocycles. The van der Waals surface area contributed by atoms with Crippen molar-refractivity contribution in [3.05, 3.63) is 0 Å². The second-order valence-corrected chi connectivity index (χ2v) is 9.55. The number of carbonyl (C=O) groups is 8. The molecule has 1 aliphatic rings. The van der Waals surface area contributed by atoms with E-state index >= 15 is 0 Å². The van der Waals surface area contributed by atoms with Crippen LogP contribution in [0, 0.1) is 5.92 Å². The number of rotatable bonds is 18. The van der Waals surface area contributed by atoms with Crippen molar-refractivity contribution in [1.29, 1.82) is 0 Å². The van der Waals surface area contributed by atoms with E-state index in [-0.39, 0.29) is 44.9 Å². The van der Waals surface area contributed by atoms with Gasteiger partial charge in [-0.3, -0.25) is 43.3 Å². The largest absolute Gasteiger partial charge is 0.481 e. The van der Waals surface area contributed by atoms with Gasteiger partial charge in [0.25, 0.3) is 0 Å². The van der Waals surface area contributed by atoms with Crippen LogP contribution in [0.2, 0.25) is 0 Å². The minimum Gasteiger partial charge on any atom is -0.481 e. The fourth-order valence-corrected chi connectivity index (χ4v) is 4.00. The highest BCUT2D eigenvalue weighted by Crippen LogP contribution is 2.18. The standard InChI is InChI=1S/C23H38N10O10/c24-8-16(35)30-12(2-1-4-28-23(26)27)19(39)29-9-17(36)31-13(7-18(37)38)20(40)32-14(6-15(25)34)21(41)33-5-3-11(10-33)22(42)43/h11-14H,1-10,24H2,(H2,25,34)(H,29,39)(H,30,35)(H,31,36)(H,32,40)(H,37,38)(H,42,43)(H4,26,27,28)/t11-,12+,13+,14+/m1/s1. The maximum absolute atomic E-state index is 12.9. The monoisotopic (exact) mass is 614 g/mol.